The van der Waals surface area contributed by atoms with Crippen molar-refractivity contribution in [3.05, 3.63) is 69.9 Å². The molecule has 1 amide bonds. The molecule has 0 atom stereocenters. The van der Waals surface area contributed by atoms with E-state index < -0.39 is 17.2 Å². The summed E-state index contributed by atoms with van der Waals surface area (Å²) in [6, 6.07) is 10.4. The van der Waals surface area contributed by atoms with Crippen molar-refractivity contribution in [2.75, 3.05) is 43.1 Å². The number of hydrogen-bond acceptors (Lipinski definition) is 8. The third-order valence-electron chi connectivity index (χ3n) is 7.38. The number of pyridine rings is 1. The van der Waals surface area contributed by atoms with E-state index in [4.69, 9.17) is 5.73 Å². The van der Waals surface area contributed by atoms with Crippen LogP contribution in [0.4, 0.5) is 15.9 Å². The van der Waals surface area contributed by atoms with Crippen LogP contribution < -0.4 is 16.1 Å². The maximum atomic E-state index is 15.3. The highest BCUT2D eigenvalue weighted by molar-refractivity contribution is 7.98. The van der Waals surface area contributed by atoms with E-state index in [1.807, 2.05) is 35.4 Å². The number of benzene rings is 2. The van der Waals surface area contributed by atoms with Gasteiger partial charge in [0.15, 0.2) is 11.5 Å². The normalized spacial score (nSPS) is 15.6. The molecule has 1 aliphatic carbocycles. The quantitative estimate of drug-likeness (QED) is 0.339. The SMILES string of the molecule is CSc1cccc(-n2nnc(C(=O)N3CCN(c4cc5c(cc4F)c(=O)c(C(=O)O)cn5C4CC4)CC3)c2N)c1. The maximum absolute atomic E-state index is 15.3. The van der Waals surface area contributed by atoms with Crippen LogP contribution in [0, 0.1) is 5.82 Å². The van der Waals surface area contributed by atoms with Gasteiger partial charge in [0.05, 0.1) is 16.9 Å². The van der Waals surface area contributed by atoms with Crippen molar-refractivity contribution < 1.29 is 19.1 Å². The fourth-order valence-electron chi connectivity index (χ4n) is 5.08. The molecule has 1 saturated carbocycles. The molecule has 40 heavy (non-hydrogen) atoms. The van der Waals surface area contributed by atoms with E-state index in [-0.39, 0.29) is 34.4 Å². The number of nitrogens with zero attached hydrogens (tertiary/aromatic N) is 6. The van der Waals surface area contributed by atoms with Gasteiger partial charge in [-0.15, -0.1) is 16.9 Å². The topological polar surface area (TPSA) is 140 Å². The highest BCUT2D eigenvalue weighted by Gasteiger charge is 2.30. The monoisotopic (exact) mass is 563 g/mol. The maximum Gasteiger partial charge on any atom is 0.341 e. The van der Waals surface area contributed by atoms with Crippen molar-refractivity contribution in [1.82, 2.24) is 24.5 Å². The number of hydrogen-bond donors (Lipinski definition) is 2. The first-order valence-corrected chi connectivity index (χ1v) is 14.0. The molecule has 3 heterocycles. The summed E-state index contributed by atoms with van der Waals surface area (Å²) in [5.41, 5.74) is 6.76. The molecule has 2 aliphatic rings. The molecule has 2 aromatic carbocycles. The zero-order valence-electron chi connectivity index (χ0n) is 21.6. The number of carbonyl (C=O) groups is 2. The average Bonchev–Trinajstić information content (AvgIpc) is 3.73. The van der Waals surface area contributed by atoms with Crippen molar-refractivity contribution in [3.8, 4) is 5.69 Å². The molecule has 0 radical (unpaired) electrons. The number of nitrogen functional groups attached to an aromatic ring is 1. The van der Waals surface area contributed by atoms with Crippen molar-refractivity contribution in [2.24, 2.45) is 0 Å². The highest BCUT2D eigenvalue weighted by Crippen LogP contribution is 2.38. The number of carbonyl (C=O) groups excluding carboxylic acids is 1. The molecule has 2 aromatic heterocycles. The summed E-state index contributed by atoms with van der Waals surface area (Å²) in [6.45, 7) is 1.30. The van der Waals surface area contributed by atoms with Crippen molar-refractivity contribution in [3.63, 3.8) is 0 Å². The third-order valence-corrected chi connectivity index (χ3v) is 8.11. The van der Waals surface area contributed by atoms with E-state index in [0.29, 0.717) is 43.1 Å². The van der Waals surface area contributed by atoms with Crippen LogP contribution in [0.2, 0.25) is 0 Å². The van der Waals surface area contributed by atoms with E-state index in [2.05, 4.69) is 10.3 Å². The lowest BCUT2D eigenvalue weighted by Crippen LogP contribution is -2.49. The molecule has 0 bridgehead atoms. The summed E-state index contributed by atoms with van der Waals surface area (Å²) >= 11 is 1.58. The van der Waals surface area contributed by atoms with Gasteiger partial charge in [0, 0.05) is 48.7 Å². The van der Waals surface area contributed by atoms with Gasteiger partial charge in [0.25, 0.3) is 5.91 Å². The summed E-state index contributed by atoms with van der Waals surface area (Å²) in [7, 11) is 0. The summed E-state index contributed by atoms with van der Waals surface area (Å²) in [4.78, 5) is 42.1. The Bertz CT molecular complexity index is 1720. The second-order valence-electron chi connectivity index (χ2n) is 9.85. The van der Waals surface area contributed by atoms with Crippen molar-refractivity contribution in [2.45, 2.75) is 23.8 Å². The summed E-state index contributed by atoms with van der Waals surface area (Å²) < 4.78 is 18.5. The first-order chi connectivity index (χ1) is 19.3. The molecule has 13 heteroatoms. The zero-order valence-corrected chi connectivity index (χ0v) is 22.4. The molecular formula is C27H26FN7O4S. The highest BCUT2D eigenvalue weighted by atomic mass is 32.2. The number of carboxylic acid groups (broad SMARTS) is 1. The Morgan fingerprint density at radius 3 is 2.55 bits per heavy atom. The van der Waals surface area contributed by atoms with E-state index >= 15 is 4.39 Å². The molecule has 1 saturated heterocycles. The van der Waals surface area contributed by atoms with Crippen molar-refractivity contribution in [1.29, 1.82) is 0 Å². The number of piperazine rings is 1. The predicted octanol–water partition coefficient (Wildman–Crippen LogP) is 3.02. The Labute approximate surface area is 232 Å². The number of aromatic carboxylic acids is 1. The first kappa shape index (κ1) is 25.9. The van der Waals surface area contributed by atoms with Gasteiger partial charge in [0.1, 0.15) is 11.4 Å². The molecule has 0 spiro atoms. The Kier molecular flexibility index (Phi) is 6.45. The fraction of sp³-hybridized carbons (Fsp3) is 0.296. The van der Waals surface area contributed by atoms with Crippen LogP contribution in [-0.4, -0.2) is 73.9 Å². The van der Waals surface area contributed by atoms with Gasteiger partial charge >= 0.3 is 5.97 Å². The lowest BCUT2D eigenvalue weighted by molar-refractivity contribution is 0.0693. The van der Waals surface area contributed by atoms with Crippen LogP contribution in [0.1, 0.15) is 39.7 Å². The summed E-state index contributed by atoms with van der Waals surface area (Å²) in [5, 5.41) is 17.7. The number of rotatable bonds is 6. The lowest BCUT2D eigenvalue weighted by atomic mass is 10.1. The second-order valence-corrected chi connectivity index (χ2v) is 10.7. The van der Waals surface area contributed by atoms with Crippen molar-refractivity contribution >= 4 is 46.0 Å². The third kappa shape index (κ3) is 4.45. The Balaban J connectivity index is 1.23. The summed E-state index contributed by atoms with van der Waals surface area (Å²) in [5.74, 6) is -2.16. The minimum absolute atomic E-state index is 0.0449. The minimum atomic E-state index is -1.33. The van der Waals surface area contributed by atoms with Crippen LogP contribution in [0.25, 0.3) is 16.6 Å². The van der Waals surface area contributed by atoms with Gasteiger partial charge in [-0.3, -0.25) is 9.59 Å². The molecule has 3 N–H and O–H groups in total. The molecule has 0 unspecified atom stereocenters. The van der Waals surface area contributed by atoms with Gasteiger partial charge in [0.2, 0.25) is 5.43 Å². The molecule has 2 fully saturated rings. The Morgan fingerprint density at radius 2 is 1.88 bits per heavy atom. The van der Waals surface area contributed by atoms with Gasteiger partial charge < -0.3 is 25.2 Å². The van der Waals surface area contributed by atoms with Gasteiger partial charge in [-0.2, -0.15) is 4.68 Å². The predicted molar refractivity (Wildman–Crippen MR) is 149 cm³/mol. The molecule has 4 aromatic rings. The number of thioether (sulfide) groups is 1. The second kappa shape index (κ2) is 9.97. The largest absolute Gasteiger partial charge is 0.477 e. The van der Waals surface area contributed by atoms with Crippen LogP contribution >= 0.6 is 11.8 Å². The lowest BCUT2D eigenvalue weighted by Gasteiger charge is -2.36. The minimum Gasteiger partial charge on any atom is -0.477 e. The average molecular weight is 564 g/mol. The molecule has 206 valence electrons. The number of halogens is 1. The molecule has 6 rings (SSSR count). The number of anilines is 2. The van der Waals surface area contributed by atoms with Crippen LogP contribution in [0.5, 0.6) is 0 Å². The fourth-order valence-corrected chi connectivity index (χ4v) is 5.54. The Hall–Kier alpha value is -4.39. The van der Waals surface area contributed by atoms with E-state index in [1.165, 1.54) is 10.9 Å². The van der Waals surface area contributed by atoms with Gasteiger partial charge in [-0.25, -0.2) is 9.18 Å². The van der Waals surface area contributed by atoms with Crippen LogP contribution in [0.15, 0.2) is 52.3 Å². The molecule has 11 nitrogen and oxygen atoms in total. The van der Waals surface area contributed by atoms with E-state index in [1.54, 1.807) is 27.3 Å². The molecule has 1 aliphatic heterocycles. The molecular weight excluding hydrogens is 537 g/mol. The van der Waals surface area contributed by atoms with E-state index in [9.17, 15) is 19.5 Å². The number of fused-ring (bicyclic) bond motifs is 1. The standard InChI is InChI=1S/C27H26FN7O4S/c1-40-17-4-2-3-16(11-17)35-25(29)23(30-31-35)26(37)33-9-7-32(8-10-33)22-13-21-18(12-20(22)28)24(36)19(27(38)39)14-34(21)15-5-6-15/h2-4,11-15H,5-10,29H2,1H3,(H,38,39). The number of amides is 1. The van der Waals surface area contributed by atoms with Crippen LogP contribution in [-0.2, 0) is 0 Å². The first-order valence-electron chi connectivity index (χ1n) is 12.8. The van der Waals surface area contributed by atoms with E-state index in [0.717, 1.165) is 23.8 Å². The number of aromatic nitrogens is 4. The zero-order chi connectivity index (χ0) is 28.1. The summed E-state index contributed by atoms with van der Waals surface area (Å²) in [6.07, 6.45) is 5.05. The van der Waals surface area contributed by atoms with Gasteiger partial charge in [-0.05, 0) is 49.4 Å². The number of nitrogens with two attached hydrogens (primary N) is 1. The smallest absolute Gasteiger partial charge is 0.341 e. The number of carboxylic acids is 1. The van der Waals surface area contributed by atoms with Gasteiger partial charge in [-0.1, -0.05) is 11.3 Å². The van der Waals surface area contributed by atoms with Crippen LogP contribution in [0.3, 0.4) is 0 Å². The Morgan fingerprint density at radius 1 is 1.12 bits per heavy atom.